The summed E-state index contributed by atoms with van der Waals surface area (Å²) in [6.07, 6.45) is 20.3. The van der Waals surface area contributed by atoms with E-state index in [1.807, 2.05) is 0 Å². The van der Waals surface area contributed by atoms with Crippen LogP contribution in [0.4, 0.5) is 0 Å². The molecular formula is C32H56OSn. The summed E-state index contributed by atoms with van der Waals surface area (Å²) in [6.45, 7) is 16.8. The van der Waals surface area contributed by atoms with E-state index in [9.17, 15) is 0 Å². The van der Waals surface area contributed by atoms with Crippen LogP contribution in [0.5, 0.6) is 0 Å². The second-order valence-corrected chi connectivity index (χ2v) is 26.0. The maximum atomic E-state index is 15.0. The first-order valence-electron chi connectivity index (χ1n) is 15.1. The van der Waals surface area contributed by atoms with Gasteiger partial charge in [0.15, 0.2) is 0 Å². The fourth-order valence-corrected chi connectivity index (χ4v) is 25.7. The Balaban J connectivity index is 1.99. The molecule has 2 unspecified atom stereocenters. The van der Waals surface area contributed by atoms with Crippen molar-refractivity contribution in [3.05, 3.63) is 23.3 Å². The van der Waals surface area contributed by atoms with Crippen molar-refractivity contribution in [3.8, 4) is 0 Å². The molecule has 1 saturated carbocycles. The van der Waals surface area contributed by atoms with Gasteiger partial charge in [-0.2, -0.15) is 0 Å². The van der Waals surface area contributed by atoms with Gasteiger partial charge in [0.1, 0.15) is 0 Å². The molecule has 0 aromatic rings. The van der Waals surface area contributed by atoms with Crippen LogP contribution in [0.3, 0.4) is 0 Å². The van der Waals surface area contributed by atoms with E-state index in [0.717, 1.165) is 16.6 Å². The van der Waals surface area contributed by atoms with Gasteiger partial charge in [-0.3, -0.25) is 0 Å². The zero-order valence-corrected chi connectivity index (χ0v) is 26.8. The van der Waals surface area contributed by atoms with Crippen LogP contribution in [0.15, 0.2) is 23.3 Å². The van der Waals surface area contributed by atoms with Gasteiger partial charge in [0.05, 0.1) is 0 Å². The molecule has 0 saturated heterocycles. The molecule has 1 fully saturated rings. The van der Waals surface area contributed by atoms with Crippen LogP contribution in [0.25, 0.3) is 0 Å². The predicted octanol–water partition coefficient (Wildman–Crippen LogP) is 10.1. The molecule has 3 aliphatic carbocycles. The van der Waals surface area contributed by atoms with Crippen LogP contribution in [0.1, 0.15) is 126 Å². The van der Waals surface area contributed by atoms with Crippen molar-refractivity contribution >= 4 is 22.2 Å². The number of allylic oxidation sites excluding steroid dienone is 4. The Labute approximate surface area is 216 Å². The number of rotatable bonds is 12. The molecule has 0 spiro atoms. The van der Waals surface area contributed by atoms with Gasteiger partial charge in [0.25, 0.3) is 0 Å². The van der Waals surface area contributed by atoms with Gasteiger partial charge in [-0.15, -0.1) is 0 Å². The summed E-state index contributed by atoms with van der Waals surface area (Å²) in [5.41, 5.74) is 3.52. The Morgan fingerprint density at radius 2 is 1.59 bits per heavy atom. The molecule has 0 heterocycles. The first-order chi connectivity index (χ1) is 16.2. The second kappa shape index (κ2) is 12.0. The Morgan fingerprint density at radius 1 is 1.00 bits per heavy atom. The van der Waals surface area contributed by atoms with Crippen molar-refractivity contribution in [1.29, 1.82) is 0 Å². The summed E-state index contributed by atoms with van der Waals surface area (Å²) in [4.78, 5) is 15.0. The van der Waals surface area contributed by atoms with Crippen LogP contribution in [-0.4, -0.2) is 22.2 Å². The van der Waals surface area contributed by atoms with E-state index in [4.69, 9.17) is 0 Å². The van der Waals surface area contributed by atoms with Gasteiger partial charge in [0, 0.05) is 0 Å². The number of carbonyl (C=O) groups is 1. The molecule has 3 aliphatic rings. The Morgan fingerprint density at radius 3 is 2.12 bits per heavy atom. The molecule has 2 heteroatoms. The van der Waals surface area contributed by atoms with Crippen LogP contribution in [0, 0.1) is 28.6 Å². The van der Waals surface area contributed by atoms with Crippen LogP contribution in [0.2, 0.25) is 13.3 Å². The number of carbonyl (C=O) groups excluding carboxylic acids is 1. The molecule has 0 aromatic carbocycles. The summed E-state index contributed by atoms with van der Waals surface area (Å²) in [5.74, 6) is 1.90. The number of unbranched alkanes of at least 4 members (excludes halogenated alkanes) is 3. The number of hydrogen-bond donors (Lipinski definition) is 0. The summed E-state index contributed by atoms with van der Waals surface area (Å²) < 4.78 is 4.87. The van der Waals surface area contributed by atoms with Gasteiger partial charge in [0.2, 0.25) is 0 Å². The van der Waals surface area contributed by atoms with Crippen molar-refractivity contribution < 1.29 is 4.79 Å². The molecule has 0 N–H and O–H groups in total. The standard InChI is InChI=1S/C20H29O.3C4H9.Sn/c1-14(2)15-6-8-17-16(12-15)7-9-18-19(3,13-21)10-5-11-20(17,18)4;3*1-3-4-2;/h7,12,14,17-18H,5-6,8-11H2,1-4H3;3*1,3-4H2,2H3;/t17?,18?,19-,20-;;;;/m1..../s1. The Hall–Kier alpha value is -0.0513. The maximum absolute atomic E-state index is 15.0. The third-order valence-corrected chi connectivity index (χ3v) is 26.2. The minimum absolute atomic E-state index is 0.0671. The van der Waals surface area contributed by atoms with Crippen LogP contribution >= 0.6 is 0 Å². The summed E-state index contributed by atoms with van der Waals surface area (Å²) in [7, 11) is 0. The SMILES string of the molecule is CCC[CH2][Sn]([CH2]CCC)([CH2]CCC)[C](=O)[C@@]1(C)CCC[C@]2(C)C3CCC(C(C)C)=CC3=CCC21. The predicted molar refractivity (Wildman–Crippen MR) is 152 cm³/mol. The van der Waals surface area contributed by atoms with Crippen molar-refractivity contribution in [2.45, 2.75) is 139 Å². The van der Waals surface area contributed by atoms with E-state index in [1.54, 1.807) is 11.1 Å². The molecule has 194 valence electrons. The van der Waals surface area contributed by atoms with Gasteiger partial charge < -0.3 is 0 Å². The molecule has 3 rings (SSSR count). The average molecular weight is 576 g/mol. The quantitative estimate of drug-likeness (QED) is 0.212. The van der Waals surface area contributed by atoms with Gasteiger partial charge in [-0.05, 0) is 0 Å². The summed E-state index contributed by atoms with van der Waals surface area (Å²) in [5, 5.41) is 0. The van der Waals surface area contributed by atoms with E-state index >= 15 is 4.79 Å². The van der Waals surface area contributed by atoms with E-state index in [-0.39, 0.29) is 5.41 Å². The molecule has 0 bridgehead atoms. The fourth-order valence-electron chi connectivity index (χ4n) is 8.48. The topological polar surface area (TPSA) is 17.1 Å². The Kier molecular flexibility index (Phi) is 10.1. The van der Waals surface area contributed by atoms with Crippen molar-refractivity contribution in [2.24, 2.45) is 28.6 Å². The molecule has 34 heavy (non-hydrogen) atoms. The van der Waals surface area contributed by atoms with Crippen molar-refractivity contribution in [3.63, 3.8) is 0 Å². The van der Waals surface area contributed by atoms with Gasteiger partial charge >= 0.3 is 218 Å². The molecule has 1 nitrogen and oxygen atoms in total. The van der Waals surface area contributed by atoms with Gasteiger partial charge in [-0.1, -0.05) is 0 Å². The molecule has 4 atom stereocenters. The third kappa shape index (κ3) is 5.45. The first-order valence-corrected chi connectivity index (χ1v) is 22.6. The Bertz CT molecular complexity index is 739. The number of hydrogen-bond acceptors (Lipinski definition) is 1. The monoisotopic (exact) mass is 576 g/mol. The molecule has 0 aromatic heterocycles. The van der Waals surface area contributed by atoms with E-state index in [2.05, 4.69) is 60.6 Å². The summed E-state index contributed by atoms with van der Waals surface area (Å²) >= 11 is -2.94. The van der Waals surface area contributed by atoms with E-state index in [1.165, 1.54) is 77.5 Å². The third-order valence-electron chi connectivity index (χ3n) is 10.6. The molecular weight excluding hydrogens is 519 g/mol. The second-order valence-electron chi connectivity index (χ2n) is 13.2. The zero-order chi connectivity index (χ0) is 25.0. The number of fused-ring (bicyclic) bond motifs is 3. The van der Waals surface area contributed by atoms with Crippen molar-refractivity contribution in [1.82, 2.24) is 0 Å². The van der Waals surface area contributed by atoms with E-state index < -0.39 is 18.4 Å². The van der Waals surface area contributed by atoms with Crippen LogP contribution in [-0.2, 0) is 4.79 Å². The van der Waals surface area contributed by atoms with Gasteiger partial charge in [-0.25, -0.2) is 0 Å². The first kappa shape index (κ1) is 28.5. The molecule has 0 radical (unpaired) electrons. The molecule has 0 aliphatic heterocycles. The minimum atomic E-state index is -2.94. The van der Waals surface area contributed by atoms with E-state index in [0.29, 0.717) is 23.2 Å². The fraction of sp³-hybridized carbons (Fsp3) is 0.844. The molecule has 0 amide bonds. The van der Waals surface area contributed by atoms with Crippen molar-refractivity contribution in [2.75, 3.05) is 0 Å². The zero-order valence-electron chi connectivity index (χ0n) is 23.9. The van der Waals surface area contributed by atoms with Crippen LogP contribution < -0.4 is 0 Å². The summed E-state index contributed by atoms with van der Waals surface area (Å²) in [6, 6.07) is 0. The average Bonchev–Trinajstić information content (AvgIpc) is 2.83. The normalized spacial score (nSPS) is 31.5.